The monoisotopic (exact) mass is 567 g/mol. The van der Waals surface area contributed by atoms with E-state index >= 15 is 0 Å². The van der Waals surface area contributed by atoms with Gasteiger partial charge in [-0.2, -0.15) is 0 Å². The normalized spacial score (nSPS) is 12.7. The van der Waals surface area contributed by atoms with Crippen molar-refractivity contribution in [3.8, 4) is 11.1 Å². The molecule has 214 valence electrons. The number of carbonyl (C=O) groups is 3. The van der Waals surface area contributed by atoms with Gasteiger partial charge in [0, 0.05) is 24.7 Å². The fourth-order valence-electron chi connectivity index (χ4n) is 5.22. The standard InChI is InChI=1S/C33H30FN3O5/c1-37(18-21-9-3-2-4-10-21)19-30(32(39)40)36-31(38)27-16-15-22(17-29(27)34)35-33(41)42-20-28-25-13-7-5-11-23(25)24-12-6-8-14-26(24)28/h2-17,28,30H,18-20H2,1H3,(H,35,41)(H,36,38)(H,39,40). The lowest BCUT2D eigenvalue weighted by Gasteiger charge is -2.22. The Morgan fingerprint density at radius 2 is 1.52 bits per heavy atom. The Labute approximate surface area is 242 Å². The van der Waals surface area contributed by atoms with E-state index in [0.29, 0.717) is 6.54 Å². The molecule has 0 radical (unpaired) electrons. The molecule has 1 aliphatic carbocycles. The number of aliphatic carboxylic acids is 1. The van der Waals surface area contributed by atoms with Crippen LogP contribution in [0.3, 0.4) is 0 Å². The molecule has 1 unspecified atom stereocenters. The molecular formula is C33H30FN3O5. The van der Waals surface area contributed by atoms with Crippen LogP contribution in [0.2, 0.25) is 0 Å². The molecule has 4 aromatic carbocycles. The van der Waals surface area contributed by atoms with Gasteiger partial charge in [-0.05, 0) is 53.1 Å². The van der Waals surface area contributed by atoms with Gasteiger partial charge in [0.25, 0.3) is 5.91 Å². The van der Waals surface area contributed by atoms with Gasteiger partial charge in [-0.15, -0.1) is 0 Å². The predicted molar refractivity (Wildman–Crippen MR) is 157 cm³/mol. The van der Waals surface area contributed by atoms with Crippen LogP contribution in [0.15, 0.2) is 97.1 Å². The number of nitrogens with zero attached hydrogens (tertiary/aromatic N) is 1. The quantitative estimate of drug-likeness (QED) is 0.234. The van der Waals surface area contributed by atoms with Crippen molar-refractivity contribution in [3.63, 3.8) is 0 Å². The maximum absolute atomic E-state index is 14.9. The molecule has 1 atom stereocenters. The first-order chi connectivity index (χ1) is 20.3. The maximum atomic E-state index is 14.9. The minimum absolute atomic E-state index is 0.0129. The molecule has 8 nitrogen and oxygen atoms in total. The minimum atomic E-state index is -1.26. The molecule has 4 aromatic rings. The lowest BCUT2D eigenvalue weighted by molar-refractivity contribution is -0.139. The summed E-state index contributed by atoms with van der Waals surface area (Å²) in [6, 6.07) is 27.7. The van der Waals surface area contributed by atoms with E-state index in [2.05, 4.69) is 10.6 Å². The summed E-state index contributed by atoms with van der Waals surface area (Å²) < 4.78 is 20.4. The second kappa shape index (κ2) is 12.7. The van der Waals surface area contributed by atoms with Crippen molar-refractivity contribution >= 4 is 23.7 Å². The summed E-state index contributed by atoms with van der Waals surface area (Å²) in [5.74, 6) is -3.15. The summed E-state index contributed by atoms with van der Waals surface area (Å²) in [7, 11) is 1.74. The highest BCUT2D eigenvalue weighted by Crippen LogP contribution is 2.44. The number of anilines is 1. The van der Waals surface area contributed by atoms with Crippen LogP contribution in [-0.2, 0) is 16.1 Å². The van der Waals surface area contributed by atoms with Crippen molar-refractivity contribution in [3.05, 3.63) is 125 Å². The van der Waals surface area contributed by atoms with Gasteiger partial charge in [0.05, 0.1) is 5.56 Å². The van der Waals surface area contributed by atoms with Crippen molar-refractivity contribution < 1.29 is 28.6 Å². The minimum Gasteiger partial charge on any atom is -0.480 e. The molecule has 9 heteroatoms. The number of ether oxygens (including phenoxy) is 1. The first kappa shape index (κ1) is 28.5. The van der Waals surface area contributed by atoms with Crippen LogP contribution in [0.25, 0.3) is 11.1 Å². The molecule has 5 rings (SSSR count). The van der Waals surface area contributed by atoms with Gasteiger partial charge in [0.2, 0.25) is 0 Å². The second-order valence-corrected chi connectivity index (χ2v) is 10.2. The molecular weight excluding hydrogens is 537 g/mol. The summed E-state index contributed by atoms with van der Waals surface area (Å²) >= 11 is 0. The zero-order valence-electron chi connectivity index (χ0n) is 22.9. The number of halogens is 1. The Kier molecular flexibility index (Phi) is 8.59. The third kappa shape index (κ3) is 6.47. The Morgan fingerprint density at radius 3 is 2.14 bits per heavy atom. The van der Waals surface area contributed by atoms with Crippen LogP contribution < -0.4 is 10.6 Å². The van der Waals surface area contributed by atoms with Crippen molar-refractivity contribution in [2.45, 2.75) is 18.5 Å². The van der Waals surface area contributed by atoms with Gasteiger partial charge < -0.3 is 15.2 Å². The van der Waals surface area contributed by atoms with Crippen molar-refractivity contribution in [2.24, 2.45) is 0 Å². The van der Waals surface area contributed by atoms with Gasteiger partial charge in [-0.3, -0.25) is 15.0 Å². The zero-order chi connectivity index (χ0) is 29.6. The topological polar surface area (TPSA) is 108 Å². The Balaban J connectivity index is 1.17. The number of rotatable bonds is 10. The molecule has 42 heavy (non-hydrogen) atoms. The number of nitrogens with one attached hydrogen (secondary N) is 2. The first-order valence-electron chi connectivity index (χ1n) is 13.5. The summed E-state index contributed by atoms with van der Waals surface area (Å²) in [6.07, 6.45) is -0.763. The maximum Gasteiger partial charge on any atom is 0.411 e. The van der Waals surface area contributed by atoms with Crippen molar-refractivity contribution in [2.75, 3.05) is 25.5 Å². The van der Waals surface area contributed by atoms with E-state index in [1.807, 2.05) is 78.9 Å². The van der Waals surface area contributed by atoms with E-state index in [1.54, 1.807) is 11.9 Å². The van der Waals surface area contributed by atoms with Gasteiger partial charge in [0.15, 0.2) is 0 Å². The van der Waals surface area contributed by atoms with Crippen LogP contribution in [-0.4, -0.2) is 54.2 Å². The van der Waals surface area contributed by atoms with Crippen LogP contribution in [0.1, 0.15) is 33.0 Å². The van der Waals surface area contributed by atoms with Crippen LogP contribution in [0, 0.1) is 5.82 Å². The third-order valence-electron chi connectivity index (χ3n) is 7.20. The van der Waals surface area contributed by atoms with Gasteiger partial charge >= 0.3 is 12.1 Å². The highest BCUT2D eigenvalue weighted by Gasteiger charge is 2.29. The highest BCUT2D eigenvalue weighted by molar-refractivity contribution is 5.97. The molecule has 0 fully saturated rings. The number of likely N-dealkylation sites (N-methyl/N-ethyl adjacent to an activating group) is 1. The fourth-order valence-corrected chi connectivity index (χ4v) is 5.22. The smallest absolute Gasteiger partial charge is 0.411 e. The summed E-state index contributed by atoms with van der Waals surface area (Å²) in [6.45, 7) is 0.586. The Bertz CT molecular complexity index is 1570. The lowest BCUT2D eigenvalue weighted by atomic mass is 9.98. The lowest BCUT2D eigenvalue weighted by Crippen LogP contribution is -2.47. The van der Waals surface area contributed by atoms with E-state index in [4.69, 9.17) is 4.74 Å². The molecule has 2 amide bonds. The number of hydrogen-bond donors (Lipinski definition) is 3. The van der Waals surface area contributed by atoms with E-state index < -0.39 is 29.8 Å². The number of fused-ring (bicyclic) bond motifs is 3. The summed E-state index contributed by atoms with van der Waals surface area (Å²) in [4.78, 5) is 38.9. The number of carboxylic acid groups (broad SMARTS) is 1. The van der Waals surface area contributed by atoms with E-state index in [0.717, 1.165) is 33.9 Å². The predicted octanol–water partition coefficient (Wildman–Crippen LogP) is 5.50. The largest absolute Gasteiger partial charge is 0.480 e. The van der Waals surface area contributed by atoms with Gasteiger partial charge in [-0.1, -0.05) is 78.9 Å². The molecule has 0 aromatic heterocycles. The van der Waals surface area contributed by atoms with E-state index in [1.165, 1.54) is 12.1 Å². The molecule has 0 spiro atoms. The number of carboxylic acids is 1. The molecule has 0 saturated carbocycles. The molecule has 0 saturated heterocycles. The van der Waals surface area contributed by atoms with Gasteiger partial charge in [0.1, 0.15) is 18.5 Å². The van der Waals surface area contributed by atoms with Crippen LogP contribution in [0.4, 0.5) is 14.9 Å². The van der Waals surface area contributed by atoms with Crippen LogP contribution in [0.5, 0.6) is 0 Å². The molecule has 0 bridgehead atoms. The highest BCUT2D eigenvalue weighted by atomic mass is 19.1. The first-order valence-corrected chi connectivity index (χ1v) is 13.5. The van der Waals surface area contributed by atoms with Gasteiger partial charge in [-0.25, -0.2) is 14.0 Å². The molecule has 0 aliphatic heterocycles. The molecule has 1 aliphatic rings. The zero-order valence-corrected chi connectivity index (χ0v) is 22.9. The van der Waals surface area contributed by atoms with Crippen LogP contribution >= 0.6 is 0 Å². The van der Waals surface area contributed by atoms with E-state index in [9.17, 15) is 23.9 Å². The number of hydrogen-bond acceptors (Lipinski definition) is 5. The molecule has 3 N–H and O–H groups in total. The SMILES string of the molecule is CN(Cc1ccccc1)CC(NC(=O)c1ccc(NC(=O)OCC2c3ccccc3-c3ccccc32)cc1F)C(=O)O. The Morgan fingerprint density at radius 1 is 0.905 bits per heavy atom. The average molecular weight is 568 g/mol. The average Bonchev–Trinajstić information content (AvgIpc) is 3.30. The summed E-state index contributed by atoms with van der Waals surface area (Å²) in [5.41, 5.74) is 5.08. The molecule has 0 heterocycles. The van der Waals surface area contributed by atoms with Crippen molar-refractivity contribution in [1.29, 1.82) is 0 Å². The summed E-state index contributed by atoms with van der Waals surface area (Å²) in [5, 5.41) is 14.5. The fraction of sp³-hybridized carbons (Fsp3) is 0.182. The Hall–Kier alpha value is -5.02. The number of benzene rings is 4. The number of carbonyl (C=O) groups excluding carboxylic acids is 2. The number of amides is 2. The van der Waals surface area contributed by atoms with Crippen molar-refractivity contribution in [1.82, 2.24) is 10.2 Å². The second-order valence-electron chi connectivity index (χ2n) is 10.2. The van der Waals surface area contributed by atoms with E-state index in [-0.39, 0.29) is 30.3 Å². The third-order valence-corrected chi connectivity index (χ3v) is 7.20.